The van der Waals surface area contributed by atoms with Crippen molar-refractivity contribution in [3.63, 3.8) is 0 Å². The molecule has 0 radical (unpaired) electrons. The molecule has 88 valence electrons. The third-order valence-electron chi connectivity index (χ3n) is 2.70. The van der Waals surface area contributed by atoms with Crippen molar-refractivity contribution in [1.82, 2.24) is 9.97 Å². The predicted molar refractivity (Wildman–Crippen MR) is 69.9 cm³/mol. The third-order valence-corrected chi connectivity index (χ3v) is 2.70. The summed E-state index contributed by atoms with van der Waals surface area (Å²) < 4.78 is 0. The monoisotopic (exact) mass is 228 g/mol. The maximum atomic E-state index is 5.87. The molecule has 0 amide bonds. The molecular weight excluding hydrogens is 212 g/mol. The molecule has 0 aliphatic carbocycles. The summed E-state index contributed by atoms with van der Waals surface area (Å²) in [6.45, 7) is 0.903. The van der Waals surface area contributed by atoms with Crippen LogP contribution in [0.5, 0.6) is 0 Å². The van der Waals surface area contributed by atoms with Crippen LogP contribution in [0.3, 0.4) is 0 Å². The van der Waals surface area contributed by atoms with Gasteiger partial charge in [0.25, 0.3) is 0 Å². The van der Waals surface area contributed by atoms with Crippen molar-refractivity contribution >= 4 is 11.4 Å². The SMILES string of the molecule is CN(CCc1cccnc1)c1ccncc1N. The lowest BCUT2D eigenvalue weighted by Crippen LogP contribution is -2.21. The van der Waals surface area contributed by atoms with Crippen LogP contribution in [0.1, 0.15) is 5.56 Å². The molecule has 0 aromatic carbocycles. The fourth-order valence-corrected chi connectivity index (χ4v) is 1.71. The van der Waals surface area contributed by atoms with Gasteiger partial charge in [-0.1, -0.05) is 6.07 Å². The molecule has 0 fully saturated rings. The summed E-state index contributed by atoms with van der Waals surface area (Å²) in [5.41, 5.74) is 8.83. The van der Waals surface area contributed by atoms with Crippen molar-refractivity contribution in [3.05, 3.63) is 48.5 Å². The van der Waals surface area contributed by atoms with Gasteiger partial charge in [-0.3, -0.25) is 9.97 Å². The van der Waals surface area contributed by atoms with Gasteiger partial charge in [-0.15, -0.1) is 0 Å². The van der Waals surface area contributed by atoms with Gasteiger partial charge in [-0.2, -0.15) is 0 Å². The highest BCUT2D eigenvalue weighted by Crippen LogP contribution is 2.19. The molecule has 0 bridgehead atoms. The number of likely N-dealkylation sites (N-methyl/N-ethyl adjacent to an activating group) is 1. The largest absolute Gasteiger partial charge is 0.396 e. The Hall–Kier alpha value is -2.10. The zero-order valence-electron chi connectivity index (χ0n) is 9.87. The van der Waals surface area contributed by atoms with E-state index in [9.17, 15) is 0 Å². The summed E-state index contributed by atoms with van der Waals surface area (Å²) in [4.78, 5) is 10.2. The van der Waals surface area contributed by atoms with Crippen LogP contribution in [-0.2, 0) is 6.42 Å². The van der Waals surface area contributed by atoms with E-state index >= 15 is 0 Å². The smallest absolute Gasteiger partial charge is 0.0738 e. The highest BCUT2D eigenvalue weighted by Gasteiger charge is 2.04. The molecule has 0 aliphatic rings. The summed E-state index contributed by atoms with van der Waals surface area (Å²) in [6.07, 6.45) is 8.06. The first-order valence-electron chi connectivity index (χ1n) is 5.57. The van der Waals surface area contributed by atoms with Gasteiger partial charge in [-0.05, 0) is 24.1 Å². The second-order valence-electron chi connectivity index (χ2n) is 3.97. The van der Waals surface area contributed by atoms with E-state index in [0.717, 1.165) is 18.7 Å². The molecule has 4 nitrogen and oxygen atoms in total. The number of aromatic nitrogens is 2. The number of anilines is 2. The Morgan fingerprint density at radius 3 is 2.71 bits per heavy atom. The fraction of sp³-hybridized carbons (Fsp3) is 0.231. The van der Waals surface area contributed by atoms with E-state index < -0.39 is 0 Å². The molecule has 2 aromatic rings. The number of hydrogen-bond acceptors (Lipinski definition) is 4. The number of rotatable bonds is 4. The van der Waals surface area contributed by atoms with Gasteiger partial charge in [0.2, 0.25) is 0 Å². The Kier molecular flexibility index (Phi) is 3.55. The van der Waals surface area contributed by atoms with Gasteiger partial charge in [0, 0.05) is 32.2 Å². The van der Waals surface area contributed by atoms with Gasteiger partial charge in [0.15, 0.2) is 0 Å². The first-order chi connectivity index (χ1) is 8.27. The number of hydrogen-bond donors (Lipinski definition) is 1. The van der Waals surface area contributed by atoms with Gasteiger partial charge >= 0.3 is 0 Å². The minimum absolute atomic E-state index is 0.709. The van der Waals surface area contributed by atoms with E-state index in [4.69, 9.17) is 5.73 Å². The molecule has 2 aromatic heterocycles. The minimum Gasteiger partial charge on any atom is -0.396 e. The van der Waals surface area contributed by atoms with E-state index in [1.54, 1.807) is 18.6 Å². The molecule has 4 heteroatoms. The molecule has 2 rings (SSSR count). The Morgan fingerprint density at radius 2 is 2.00 bits per heavy atom. The van der Waals surface area contributed by atoms with Crippen molar-refractivity contribution in [2.24, 2.45) is 0 Å². The summed E-state index contributed by atoms with van der Waals surface area (Å²) in [5.74, 6) is 0. The van der Waals surface area contributed by atoms with Gasteiger partial charge in [-0.25, -0.2) is 0 Å². The van der Waals surface area contributed by atoms with Crippen LogP contribution in [0.2, 0.25) is 0 Å². The molecule has 0 unspecified atom stereocenters. The van der Waals surface area contributed by atoms with Crippen molar-refractivity contribution in [3.8, 4) is 0 Å². The number of nitrogen functional groups attached to an aromatic ring is 1. The molecule has 0 aliphatic heterocycles. The molecule has 2 N–H and O–H groups in total. The van der Waals surface area contributed by atoms with Crippen LogP contribution in [0.15, 0.2) is 43.0 Å². The van der Waals surface area contributed by atoms with E-state index in [2.05, 4.69) is 20.9 Å². The highest BCUT2D eigenvalue weighted by molar-refractivity contribution is 5.65. The van der Waals surface area contributed by atoms with E-state index in [0.29, 0.717) is 5.69 Å². The third kappa shape index (κ3) is 2.93. The Labute approximate surface area is 101 Å². The second-order valence-corrected chi connectivity index (χ2v) is 3.97. The van der Waals surface area contributed by atoms with Crippen molar-refractivity contribution in [1.29, 1.82) is 0 Å². The quantitative estimate of drug-likeness (QED) is 0.866. The zero-order valence-corrected chi connectivity index (χ0v) is 9.87. The predicted octanol–water partition coefficient (Wildman–Crippen LogP) is 1.74. The van der Waals surface area contributed by atoms with Gasteiger partial charge < -0.3 is 10.6 Å². The fourth-order valence-electron chi connectivity index (χ4n) is 1.71. The normalized spacial score (nSPS) is 10.2. The van der Waals surface area contributed by atoms with Crippen LogP contribution in [0.4, 0.5) is 11.4 Å². The second kappa shape index (κ2) is 5.30. The minimum atomic E-state index is 0.709. The average molecular weight is 228 g/mol. The topological polar surface area (TPSA) is 55.0 Å². The van der Waals surface area contributed by atoms with Crippen LogP contribution in [0.25, 0.3) is 0 Å². The molecule has 17 heavy (non-hydrogen) atoms. The number of pyridine rings is 2. The Balaban J connectivity index is 1.99. The molecule has 0 saturated heterocycles. The molecule has 2 heterocycles. The summed E-state index contributed by atoms with van der Waals surface area (Å²) in [7, 11) is 2.03. The maximum absolute atomic E-state index is 5.87. The van der Waals surface area contributed by atoms with Gasteiger partial charge in [0.1, 0.15) is 0 Å². The van der Waals surface area contributed by atoms with Crippen LogP contribution in [-0.4, -0.2) is 23.6 Å². The lowest BCUT2D eigenvalue weighted by molar-refractivity contribution is 0.872. The average Bonchev–Trinajstić information content (AvgIpc) is 2.38. The van der Waals surface area contributed by atoms with Gasteiger partial charge in [0.05, 0.1) is 17.6 Å². The summed E-state index contributed by atoms with van der Waals surface area (Å²) >= 11 is 0. The lowest BCUT2D eigenvalue weighted by atomic mass is 10.2. The molecule has 0 saturated carbocycles. The van der Waals surface area contributed by atoms with Crippen molar-refractivity contribution in [2.45, 2.75) is 6.42 Å². The first kappa shape index (κ1) is 11.4. The van der Waals surface area contributed by atoms with Crippen molar-refractivity contribution in [2.75, 3.05) is 24.2 Å². The molecule has 0 spiro atoms. The summed E-state index contributed by atoms with van der Waals surface area (Å²) in [6, 6.07) is 5.96. The standard InChI is InChI=1S/C13H16N4/c1-17(13-4-7-16-10-12(13)14)8-5-11-3-2-6-15-9-11/h2-4,6-7,9-10H,5,8,14H2,1H3. The number of nitrogens with zero attached hydrogens (tertiary/aromatic N) is 3. The van der Waals surface area contributed by atoms with E-state index in [1.807, 2.05) is 25.4 Å². The van der Waals surface area contributed by atoms with Crippen molar-refractivity contribution < 1.29 is 0 Å². The summed E-state index contributed by atoms with van der Waals surface area (Å²) in [5, 5.41) is 0. The maximum Gasteiger partial charge on any atom is 0.0738 e. The van der Waals surface area contributed by atoms with Crippen LogP contribution in [0, 0.1) is 0 Å². The number of nitrogens with two attached hydrogens (primary N) is 1. The Morgan fingerprint density at radius 1 is 1.18 bits per heavy atom. The van der Waals surface area contributed by atoms with E-state index in [-0.39, 0.29) is 0 Å². The lowest BCUT2D eigenvalue weighted by Gasteiger charge is -2.20. The molecule has 0 atom stereocenters. The highest BCUT2D eigenvalue weighted by atomic mass is 15.1. The zero-order chi connectivity index (χ0) is 12.1. The Bertz CT molecular complexity index is 470. The van der Waals surface area contributed by atoms with Crippen LogP contribution < -0.4 is 10.6 Å². The molecular formula is C13H16N4. The first-order valence-corrected chi connectivity index (χ1v) is 5.57. The van der Waals surface area contributed by atoms with Crippen LogP contribution >= 0.6 is 0 Å². The van der Waals surface area contributed by atoms with E-state index in [1.165, 1.54) is 5.56 Å².